The third-order valence-corrected chi connectivity index (χ3v) is 2.43. The second-order valence-electron chi connectivity index (χ2n) is 3.69. The molecule has 0 amide bonds. The van der Waals surface area contributed by atoms with Gasteiger partial charge in [-0.1, -0.05) is 0 Å². The fourth-order valence-corrected chi connectivity index (χ4v) is 1.58. The van der Waals surface area contributed by atoms with Crippen LogP contribution in [0.5, 0.6) is 0 Å². The molecule has 2 atom stereocenters. The number of hydrogen-bond donors (Lipinski definition) is 1. The number of halogens is 1. The van der Waals surface area contributed by atoms with Gasteiger partial charge in [0.2, 0.25) is 0 Å². The number of nitrogens with two attached hydrogens (primary N) is 1. The number of allylic oxidation sites excluding steroid dienone is 1. The molecule has 0 aromatic rings. The van der Waals surface area contributed by atoms with Crippen LogP contribution in [0.3, 0.4) is 0 Å². The molecule has 2 N–H and O–H groups in total. The average Bonchev–Trinajstić information content (AvgIpc) is 2.03. The molecule has 0 heterocycles. The third-order valence-electron chi connectivity index (χ3n) is 2.43. The summed E-state index contributed by atoms with van der Waals surface area (Å²) in [5, 5.41) is 0. The Balaban J connectivity index is 2.60. The Labute approximate surface area is 73.2 Å². The second kappa shape index (κ2) is 4.01. The quantitative estimate of drug-likeness (QED) is 0.676. The molecule has 2 nitrogen and oxygen atoms in total. The highest BCUT2D eigenvalue weighted by atomic mass is 19.1. The Morgan fingerprint density at radius 1 is 1.67 bits per heavy atom. The van der Waals surface area contributed by atoms with Gasteiger partial charge >= 0.3 is 0 Å². The van der Waals surface area contributed by atoms with Crippen molar-refractivity contribution in [3.8, 4) is 0 Å². The molecule has 0 aliphatic heterocycles. The summed E-state index contributed by atoms with van der Waals surface area (Å²) in [6, 6.07) is 0.229. The first-order chi connectivity index (χ1) is 5.63. The van der Waals surface area contributed by atoms with Crippen molar-refractivity contribution in [1.82, 2.24) is 4.90 Å². The van der Waals surface area contributed by atoms with Gasteiger partial charge in [-0.15, -0.1) is 0 Å². The van der Waals surface area contributed by atoms with Gasteiger partial charge in [-0.3, -0.25) is 0 Å². The molecule has 0 radical (unpaired) electrons. The standard InChI is InChI=1S/C9H17FN2/c1-12(2)9-4-7(6-11)3-8(10)5-9/h5,7,9H,3-4,6,11H2,1-2H3. The Morgan fingerprint density at radius 3 is 2.83 bits per heavy atom. The minimum Gasteiger partial charge on any atom is -0.330 e. The van der Waals surface area contributed by atoms with Crippen LogP contribution in [0.2, 0.25) is 0 Å². The van der Waals surface area contributed by atoms with Gasteiger partial charge < -0.3 is 10.6 Å². The zero-order valence-corrected chi connectivity index (χ0v) is 7.76. The Bertz CT molecular complexity index is 177. The van der Waals surface area contributed by atoms with E-state index in [2.05, 4.69) is 0 Å². The van der Waals surface area contributed by atoms with E-state index in [9.17, 15) is 4.39 Å². The molecule has 2 unspecified atom stereocenters. The van der Waals surface area contributed by atoms with Crippen molar-refractivity contribution in [2.45, 2.75) is 18.9 Å². The molecule has 3 heteroatoms. The zero-order chi connectivity index (χ0) is 9.14. The van der Waals surface area contributed by atoms with Crippen LogP contribution in [0.1, 0.15) is 12.8 Å². The van der Waals surface area contributed by atoms with E-state index in [1.807, 2.05) is 19.0 Å². The van der Waals surface area contributed by atoms with Crippen LogP contribution in [0.25, 0.3) is 0 Å². The number of rotatable bonds is 2. The molecule has 0 aromatic carbocycles. The summed E-state index contributed by atoms with van der Waals surface area (Å²) in [4.78, 5) is 2.03. The first kappa shape index (κ1) is 9.68. The fraction of sp³-hybridized carbons (Fsp3) is 0.778. The van der Waals surface area contributed by atoms with Crippen LogP contribution >= 0.6 is 0 Å². The zero-order valence-electron chi connectivity index (χ0n) is 7.76. The van der Waals surface area contributed by atoms with Gasteiger partial charge in [0.1, 0.15) is 0 Å². The molecule has 0 aromatic heterocycles. The van der Waals surface area contributed by atoms with Crippen LogP contribution in [0.15, 0.2) is 11.9 Å². The first-order valence-corrected chi connectivity index (χ1v) is 4.36. The van der Waals surface area contributed by atoms with Crippen molar-refractivity contribution in [3.05, 3.63) is 11.9 Å². The van der Waals surface area contributed by atoms with Crippen molar-refractivity contribution in [3.63, 3.8) is 0 Å². The summed E-state index contributed by atoms with van der Waals surface area (Å²) in [7, 11) is 3.93. The van der Waals surface area contributed by atoms with Gasteiger partial charge in [-0.25, -0.2) is 4.39 Å². The van der Waals surface area contributed by atoms with E-state index >= 15 is 0 Å². The predicted molar refractivity (Wildman–Crippen MR) is 48.4 cm³/mol. The SMILES string of the molecule is CN(C)C1C=C(F)CC(CN)C1. The third kappa shape index (κ3) is 2.29. The van der Waals surface area contributed by atoms with E-state index in [-0.39, 0.29) is 11.9 Å². The molecule has 0 saturated carbocycles. The van der Waals surface area contributed by atoms with Crippen molar-refractivity contribution >= 4 is 0 Å². The summed E-state index contributed by atoms with van der Waals surface area (Å²) in [5.41, 5.74) is 5.52. The lowest BCUT2D eigenvalue weighted by Gasteiger charge is -2.29. The van der Waals surface area contributed by atoms with E-state index in [1.54, 1.807) is 6.08 Å². The maximum atomic E-state index is 13.0. The van der Waals surface area contributed by atoms with Gasteiger partial charge in [0.15, 0.2) is 0 Å². The highest BCUT2D eigenvalue weighted by Gasteiger charge is 2.22. The molecule has 1 rings (SSSR count). The minimum absolute atomic E-state index is 0.00426. The van der Waals surface area contributed by atoms with Gasteiger partial charge in [0.25, 0.3) is 0 Å². The van der Waals surface area contributed by atoms with Gasteiger partial charge in [0, 0.05) is 12.5 Å². The molecule has 0 saturated heterocycles. The van der Waals surface area contributed by atoms with Crippen LogP contribution in [-0.4, -0.2) is 31.6 Å². The van der Waals surface area contributed by atoms with Crippen molar-refractivity contribution in [2.24, 2.45) is 11.7 Å². The first-order valence-electron chi connectivity index (χ1n) is 4.36. The van der Waals surface area contributed by atoms with Crippen molar-refractivity contribution < 1.29 is 4.39 Å². The lowest BCUT2D eigenvalue weighted by molar-refractivity contribution is 0.260. The van der Waals surface area contributed by atoms with Gasteiger partial charge in [-0.2, -0.15) is 0 Å². The van der Waals surface area contributed by atoms with E-state index < -0.39 is 0 Å². The molecular formula is C9H17FN2. The summed E-state index contributed by atoms with van der Waals surface area (Å²) < 4.78 is 13.0. The summed E-state index contributed by atoms with van der Waals surface area (Å²) in [6.45, 7) is 0.589. The maximum Gasteiger partial charge on any atom is 0.0978 e. The number of hydrogen-bond acceptors (Lipinski definition) is 2. The van der Waals surface area contributed by atoms with Gasteiger partial charge in [0.05, 0.1) is 5.83 Å². The maximum absolute atomic E-state index is 13.0. The molecule has 70 valence electrons. The molecule has 0 bridgehead atoms. The largest absolute Gasteiger partial charge is 0.330 e. The Kier molecular flexibility index (Phi) is 3.23. The average molecular weight is 172 g/mol. The highest BCUT2D eigenvalue weighted by molar-refractivity contribution is 5.06. The monoisotopic (exact) mass is 172 g/mol. The van der Waals surface area contributed by atoms with Crippen LogP contribution in [0, 0.1) is 5.92 Å². The molecule has 1 aliphatic rings. The highest BCUT2D eigenvalue weighted by Crippen LogP contribution is 2.26. The molecule has 0 fully saturated rings. The Morgan fingerprint density at radius 2 is 2.33 bits per heavy atom. The molecule has 0 spiro atoms. The lowest BCUT2D eigenvalue weighted by atomic mass is 9.90. The second-order valence-corrected chi connectivity index (χ2v) is 3.69. The molecule has 1 aliphatic carbocycles. The van der Waals surface area contributed by atoms with Crippen LogP contribution in [-0.2, 0) is 0 Å². The normalized spacial score (nSPS) is 30.6. The summed E-state index contributed by atoms with van der Waals surface area (Å²) in [6.07, 6.45) is 3.21. The summed E-state index contributed by atoms with van der Waals surface area (Å²) in [5.74, 6) is 0.317. The lowest BCUT2D eigenvalue weighted by Crippen LogP contribution is -2.33. The van der Waals surface area contributed by atoms with Crippen LogP contribution in [0.4, 0.5) is 4.39 Å². The van der Waals surface area contributed by atoms with Crippen molar-refractivity contribution in [2.75, 3.05) is 20.6 Å². The predicted octanol–water partition coefficient (Wildman–Crippen LogP) is 1.14. The topological polar surface area (TPSA) is 29.3 Å². The number of nitrogens with zero attached hydrogens (tertiary/aromatic N) is 1. The van der Waals surface area contributed by atoms with E-state index in [0.29, 0.717) is 18.9 Å². The van der Waals surface area contributed by atoms with E-state index in [4.69, 9.17) is 5.73 Å². The van der Waals surface area contributed by atoms with Gasteiger partial charge in [-0.05, 0) is 39.1 Å². The molecular weight excluding hydrogens is 155 g/mol. The van der Waals surface area contributed by atoms with Crippen LogP contribution < -0.4 is 5.73 Å². The smallest absolute Gasteiger partial charge is 0.0978 e. The van der Waals surface area contributed by atoms with E-state index in [1.165, 1.54) is 0 Å². The fourth-order valence-electron chi connectivity index (χ4n) is 1.58. The minimum atomic E-state index is -0.00426. The summed E-state index contributed by atoms with van der Waals surface area (Å²) >= 11 is 0. The Hall–Kier alpha value is -0.410. The van der Waals surface area contributed by atoms with E-state index in [0.717, 1.165) is 6.42 Å². The number of likely N-dealkylation sites (N-methyl/N-ethyl adjacent to an activating group) is 1. The van der Waals surface area contributed by atoms with Crippen molar-refractivity contribution in [1.29, 1.82) is 0 Å². The molecule has 12 heavy (non-hydrogen) atoms.